The van der Waals surface area contributed by atoms with Gasteiger partial charge < -0.3 is 4.74 Å². The van der Waals surface area contributed by atoms with Gasteiger partial charge in [0.15, 0.2) is 0 Å². The van der Waals surface area contributed by atoms with Gasteiger partial charge in [0.1, 0.15) is 12.3 Å². The monoisotopic (exact) mass is 403 g/mol. The SMILES string of the molecule is Cc1cc(C)c(S(=O)(=O)NCCOc2ccc(-c3cccs3)nn2)c(C)c1. The Morgan fingerprint density at radius 1 is 1.07 bits per heavy atom. The van der Waals surface area contributed by atoms with Gasteiger partial charge in [0, 0.05) is 12.6 Å². The van der Waals surface area contributed by atoms with E-state index in [2.05, 4.69) is 14.9 Å². The maximum Gasteiger partial charge on any atom is 0.241 e. The smallest absolute Gasteiger partial charge is 0.241 e. The first-order chi connectivity index (χ1) is 12.9. The number of aromatic nitrogens is 2. The van der Waals surface area contributed by atoms with Crippen molar-refractivity contribution in [2.24, 2.45) is 0 Å². The molecule has 0 atom stereocenters. The minimum absolute atomic E-state index is 0.142. The number of hydrogen-bond acceptors (Lipinski definition) is 6. The summed E-state index contributed by atoms with van der Waals surface area (Å²) < 4.78 is 33.2. The zero-order valence-electron chi connectivity index (χ0n) is 15.4. The maximum absolute atomic E-state index is 12.6. The van der Waals surface area contributed by atoms with Crippen LogP contribution in [0.4, 0.5) is 0 Å². The van der Waals surface area contributed by atoms with E-state index in [9.17, 15) is 8.42 Å². The highest BCUT2D eigenvalue weighted by Crippen LogP contribution is 2.23. The summed E-state index contributed by atoms with van der Waals surface area (Å²) in [5.74, 6) is 0.359. The minimum atomic E-state index is -3.59. The van der Waals surface area contributed by atoms with Crippen LogP contribution in [0.5, 0.6) is 5.88 Å². The average Bonchev–Trinajstić information content (AvgIpc) is 3.12. The van der Waals surface area contributed by atoms with Gasteiger partial charge in [0.05, 0.1) is 9.77 Å². The van der Waals surface area contributed by atoms with Gasteiger partial charge in [-0.05, 0) is 49.4 Å². The number of aryl methyl sites for hydroxylation is 3. The fourth-order valence-electron chi connectivity index (χ4n) is 2.95. The molecule has 0 aliphatic carbocycles. The van der Waals surface area contributed by atoms with Gasteiger partial charge in [-0.1, -0.05) is 23.8 Å². The third-order valence-corrected chi connectivity index (χ3v) is 6.59. The van der Waals surface area contributed by atoms with Crippen molar-refractivity contribution >= 4 is 21.4 Å². The zero-order chi connectivity index (χ0) is 19.4. The summed E-state index contributed by atoms with van der Waals surface area (Å²) >= 11 is 1.59. The average molecular weight is 404 g/mol. The number of ether oxygens (including phenoxy) is 1. The van der Waals surface area contributed by atoms with E-state index in [1.807, 2.05) is 42.6 Å². The summed E-state index contributed by atoms with van der Waals surface area (Å²) in [6, 6.07) is 11.2. The lowest BCUT2D eigenvalue weighted by molar-refractivity contribution is 0.307. The highest BCUT2D eigenvalue weighted by Gasteiger charge is 2.19. The van der Waals surface area contributed by atoms with Crippen LogP contribution in [0.15, 0.2) is 46.7 Å². The minimum Gasteiger partial charge on any atom is -0.475 e. The molecule has 8 heteroatoms. The first-order valence-corrected chi connectivity index (χ1v) is 10.8. The van der Waals surface area contributed by atoms with Crippen LogP contribution in [-0.2, 0) is 10.0 Å². The Balaban J connectivity index is 1.57. The maximum atomic E-state index is 12.6. The molecule has 0 spiro atoms. The molecule has 0 amide bonds. The molecule has 27 heavy (non-hydrogen) atoms. The molecule has 3 aromatic rings. The van der Waals surface area contributed by atoms with Crippen LogP contribution in [0.3, 0.4) is 0 Å². The largest absolute Gasteiger partial charge is 0.475 e. The topological polar surface area (TPSA) is 81.2 Å². The number of nitrogens with one attached hydrogen (secondary N) is 1. The quantitative estimate of drug-likeness (QED) is 0.611. The molecule has 1 N–H and O–H groups in total. The fourth-order valence-corrected chi connectivity index (χ4v) is 5.10. The Morgan fingerprint density at radius 3 is 2.41 bits per heavy atom. The summed E-state index contributed by atoms with van der Waals surface area (Å²) in [6.45, 7) is 5.85. The van der Waals surface area contributed by atoms with E-state index in [0.29, 0.717) is 10.8 Å². The van der Waals surface area contributed by atoms with Crippen LogP contribution in [-0.4, -0.2) is 31.8 Å². The molecule has 1 aromatic carbocycles. The van der Waals surface area contributed by atoms with Crippen LogP contribution < -0.4 is 9.46 Å². The number of thiophene rings is 1. The van der Waals surface area contributed by atoms with Crippen molar-refractivity contribution in [3.8, 4) is 16.5 Å². The highest BCUT2D eigenvalue weighted by atomic mass is 32.2. The molecule has 0 unspecified atom stereocenters. The number of nitrogens with zero attached hydrogens (tertiary/aromatic N) is 2. The molecular formula is C19H21N3O3S2. The molecule has 0 radical (unpaired) electrons. The molecule has 0 fully saturated rings. The predicted molar refractivity (Wildman–Crippen MR) is 107 cm³/mol. The van der Waals surface area contributed by atoms with E-state index < -0.39 is 10.0 Å². The summed E-state index contributed by atoms with van der Waals surface area (Å²) in [7, 11) is -3.59. The molecule has 0 aliphatic heterocycles. The third-order valence-electron chi connectivity index (χ3n) is 3.93. The van der Waals surface area contributed by atoms with Gasteiger partial charge >= 0.3 is 0 Å². The van der Waals surface area contributed by atoms with Gasteiger partial charge in [-0.15, -0.1) is 21.5 Å². The van der Waals surface area contributed by atoms with E-state index in [4.69, 9.17) is 4.74 Å². The van der Waals surface area contributed by atoms with Crippen molar-refractivity contribution in [3.63, 3.8) is 0 Å². The van der Waals surface area contributed by atoms with Crippen molar-refractivity contribution in [2.45, 2.75) is 25.7 Å². The number of sulfonamides is 1. The molecule has 142 valence electrons. The van der Waals surface area contributed by atoms with Gasteiger partial charge in [-0.3, -0.25) is 0 Å². The number of rotatable bonds is 7. The van der Waals surface area contributed by atoms with Crippen molar-refractivity contribution in [3.05, 3.63) is 58.5 Å². The van der Waals surface area contributed by atoms with E-state index in [-0.39, 0.29) is 13.2 Å². The van der Waals surface area contributed by atoms with Crippen LogP contribution in [0.25, 0.3) is 10.6 Å². The molecule has 0 bridgehead atoms. The number of benzene rings is 1. The van der Waals surface area contributed by atoms with E-state index >= 15 is 0 Å². The summed E-state index contributed by atoms with van der Waals surface area (Å²) in [5, 5.41) is 10.1. The second-order valence-corrected chi connectivity index (χ2v) is 8.86. The number of hydrogen-bond donors (Lipinski definition) is 1. The lowest BCUT2D eigenvalue weighted by Gasteiger charge is -2.13. The molecule has 6 nitrogen and oxygen atoms in total. The Labute approximate surface area is 163 Å². The van der Waals surface area contributed by atoms with Gasteiger partial charge in [-0.25, -0.2) is 13.1 Å². The van der Waals surface area contributed by atoms with Gasteiger partial charge in [0.25, 0.3) is 0 Å². The fraction of sp³-hybridized carbons (Fsp3) is 0.263. The normalized spacial score (nSPS) is 11.5. The first kappa shape index (κ1) is 19.5. The summed E-state index contributed by atoms with van der Waals surface area (Å²) in [6.07, 6.45) is 0. The predicted octanol–water partition coefficient (Wildman–Crippen LogP) is 3.49. The second-order valence-electron chi connectivity index (χ2n) is 6.21. The van der Waals surface area contributed by atoms with Crippen LogP contribution >= 0.6 is 11.3 Å². The molecule has 2 aromatic heterocycles. The molecule has 0 aliphatic rings. The van der Waals surface area contributed by atoms with Crippen LogP contribution in [0, 0.1) is 20.8 Å². The molecular weight excluding hydrogens is 382 g/mol. The Kier molecular flexibility index (Phi) is 5.88. The van der Waals surface area contributed by atoms with Gasteiger partial charge in [-0.2, -0.15) is 0 Å². The molecule has 3 rings (SSSR count). The standard InChI is InChI=1S/C19H21N3O3S2/c1-13-11-14(2)19(15(3)12-13)27(23,24)20-8-9-25-18-7-6-16(21-22-18)17-5-4-10-26-17/h4-7,10-12,20H,8-9H2,1-3H3. The Morgan fingerprint density at radius 2 is 1.81 bits per heavy atom. The van der Waals surface area contributed by atoms with Crippen LogP contribution in [0.1, 0.15) is 16.7 Å². The van der Waals surface area contributed by atoms with Crippen molar-refractivity contribution < 1.29 is 13.2 Å². The van der Waals surface area contributed by atoms with Gasteiger partial charge in [0.2, 0.25) is 15.9 Å². The van der Waals surface area contributed by atoms with Crippen LogP contribution in [0.2, 0.25) is 0 Å². The molecule has 2 heterocycles. The second kappa shape index (κ2) is 8.16. The Bertz CT molecular complexity index is 992. The lowest BCUT2D eigenvalue weighted by Crippen LogP contribution is -2.29. The van der Waals surface area contributed by atoms with Crippen molar-refractivity contribution in [1.29, 1.82) is 0 Å². The highest BCUT2D eigenvalue weighted by molar-refractivity contribution is 7.89. The van der Waals surface area contributed by atoms with E-state index in [1.165, 1.54) is 0 Å². The summed E-state index contributed by atoms with van der Waals surface area (Å²) in [4.78, 5) is 1.36. The van der Waals surface area contributed by atoms with Crippen molar-refractivity contribution in [2.75, 3.05) is 13.2 Å². The Hall–Kier alpha value is -2.29. The molecule has 0 saturated heterocycles. The van der Waals surface area contributed by atoms with E-state index in [0.717, 1.165) is 27.3 Å². The lowest BCUT2D eigenvalue weighted by atomic mass is 10.1. The molecule has 0 saturated carbocycles. The van der Waals surface area contributed by atoms with Crippen molar-refractivity contribution in [1.82, 2.24) is 14.9 Å². The third kappa shape index (κ3) is 4.71. The first-order valence-electron chi connectivity index (χ1n) is 8.45. The van der Waals surface area contributed by atoms with E-state index in [1.54, 1.807) is 31.3 Å². The summed E-state index contributed by atoms with van der Waals surface area (Å²) in [5.41, 5.74) is 3.28. The zero-order valence-corrected chi connectivity index (χ0v) is 17.0.